The van der Waals surface area contributed by atoms with E-state index in [9.17, 15) is 4.79 Å². The van der Waals surface area contributed by atoms with Crippen molar-refractivity contribution in [3.8, 4) is 11.1 Å². The van der Waals surface area contributed by atoms with Crippen LogP contribution in [0.2, 0.25) is 5.02 Å². The van der Waals surface area contributed by atoms with Crippen LogP contribution in [0.5, 0.6) is 0 Å². The lowest BCUT2D eigenvalue weighted by Crippen LogP contribution is -2.18. The zero-order valence-electron chi connectivity index (χ0n) is 16.9. The standard InChI is InChI=1S/C26H25ClN2O/c27-24-12-8-22(9-13-24)23-10-14-25(15-11-23)28-26(30)16-7-20-3-5-21(6-4-20)19-29-17-1-2-18-29/h3-16H,1-2,17-19H2,(H,28,30)/b16-7+. The molecule has 1 N–H and O–H groups in total. The number of benzene rings is 3. The van der Waals surface area contributed by atoms with Crippen LogP contribution in [-0.4, -0.2) is 23.9 Å². The van der Waals surface area contributed by atoms with Crippen LogP contribution in [0.1, 0.15) is 24.0 Å². The smallest absolute Gasteiger partial charge is 0.248 e. The van der Waals surface area contributed by atoms with E-state index in [0.717, 1.165) is 33.9 Å². The van der Waals surface area contributed by atoms with E-state index >= 15 is 0 Å². The SMILES string of the molecule is O=C(/C=C/c1ccc(CN2CCCC2)cc1)Nc1ccc(-c2ccc(Cl)cc2)cc1. The molecule has 30 heavy (non-hydrogen) atoms. The first-order valence-corrected chi connectivity index (χ1v) is 10.7. The van der Waals surface area contributed by atoms with Crippen LogP contribution in [0.3, 0.4) is 0 Å². The van der Waals surface area contributed by atoms with Gasteiger partial charge in [0.15, 0.2) is 0 Å². The van der Waals surface area contributed by atoms with Gasteiger partial charge in [-0.2, -0.15) is 0 Å². The van der Waals surface area contributed by atoms with Gasteiger partial charge >= 0.3 is 0 Å². The summed E-state index contributed by atoms with van der Waals surface area (Å²) in [5.41, 5.74) is 5.27. The van der Waals surface area contributed by atoms with Crippen molar-refractivity contribution >= 4 is 29.3 Å². The van der Waals surface area contributed by atoms with Gasteiger partial charge < -0.3 is 5.32 Å². The van der Waals surface area contributed by atoms with Gasteiger partial charge in [0.25, 0.3) is 0 Å². The molecule has 0 saturated carbocycles. The number of halogens is 1. The molecule has 0 spiro atoms. The highest BCUT2D eigenvalue weighted by Crippen LogP contribution is 2.23. The van der Waals surface area contributed by atoms with Gasteiger partial charge in [0.1, 0.15) is 0 Å². The second kappa shape index (κ2) is 9.75. The molecule has 3 aromatic rings. The van der Waals surface area contributed by atoms with Crippen molar-refractivity contribution in [1.29, 1.82) is 0 Å². The molecule has 0 radical (unpaired) electrons. The molecule has 152 valence electrons. The molecular formula is C26H25ClN2O. The topological polar surface area (TPSA) is 32.3 Å². The van der Waals surface area contributed by atoms with E-state index in [1.165, 1.54) is 31.5 Å². The van der Waals surface area contributed by atoms with E-state index in [2.05, 4.69) is 34.5 Å². The Kier molecular flexibility index (Phi) is 6.63. The maximum atomic E-state index is 12.3. The van der Waals surface area contributed by atoms with Crippen molar-refractivity contribution < 1.29 is 4.79 Å². The number of amides is 1. The van der Waals surface area contributed by atoms with Crippen LogP contribution in [0.15, 0.2) is 78.9 Å². The monoisotopic (exact) mass is 416 g/mol. The zero-order valence-corrected chi connectivity index (χ0v) is 17.6. The van der Waals surface area contributed by atoms with Crippen molar-refractivity contribution in [1.82, 2.24) is 4.90 Å². The van der Waals surface area contributed by atoms with Crippen LogP contribution in [-0.2, 0) is 11.3 Å². The van der Waals surface area contributed by atoms with Gasteiger partial charge in [0.2, 0.25) is 5.91 Å². The molecule has 1 aliphatic rings. The van der Waals surface area contributed by atoms with Crippen molar-refractivity contribution in [3.63, 3.8) is 0 Å². The maximum Gasteiger partial charge on any atom is 0.248 e. The molecule has 0 aromatic heterocycles. The van der Waals surface area contributed by atoms with E-state index in [1.807, 2.05) is 54.6 Å². The van der Waals surface area contributed by atoms with Crippen LogP contribution in [0.25, 0.3) is 17.2 Å². The minimum atomic E-state index is -0.143. The summed E-state index contributed by atoms with van der Waals surface area (Å²) in [6.45, 7) is 3.40. The highest BCUT2D eigenvalue weighted by Gasteiger charge is 2.11. The lowest BCUT2D eigenvalue weighted by Gasteiger charge is -2.14. The quantitative estimate of drug-likeness (QED) is 0.481. The number of hydrogen-bond acceptors (Lipinski definition) is 2. The summed E-state index contributed by atoms with van der Waals surface area (Å²) in [4.78, 5) is 14.7. The molecule has 1 fully saturated rings. The average molecular weight is 417 g/mol. The highest BCUT2D eigenvalue weighted by molar-refractivity contribution is 6.30. The first-order chi connectivity index (χ1) is 14.7. The maximum absolute atomic E-state index is 12.3. The fourth-order valence-corrected chi connectivity index (χ4v) is 3.80. The number of rotatable bonds is 6. The Morgan fingerprint density at radius 2 is 1.47 bits per heavy atom. The van der Waals surface area contributed by atoms with E-state index < -0.39 is 0 Å². The lowest BCUT2D eigenvalue weighted by atomic mass is 10.1. The van der Waals surface area contributed by atoms with Gasteiger partial charge in [-0.1, -0.05) is 60.1 Å². The van der Waals surface area contributed by atoms with Gasteiger partial charge in [-0.3, -0.25) is 9.69 Å². The Morgan fingerprint density at radius 3 is 2.10 bits per heavy atom. The Bertz CT molecular complexity index is 1000. The summed E-state index contributed by atoms with van der Waals surface area (Å²) < 4.78 is 0. The summed E-state index contributed by atoms with van der Waals surface area (Å²) in [5.74, 6) is -0.143. The van der Waals surface area contributed by atoms with Crippen LogP contribution < -0.4 is 5.32 Å². The summed E-state index contributed by atoms with van der Waals surface area (Å²) in [6, 6.07) is 23.9. The first-order valence-electron chi connectivity index (χ1n) is 10.3. The van der Waals surface area contributed by atoms with Crippen molar-refractivity contribution in [2.45, 2.75) is 19.4 Å². The zero-order chi connectivity index (χ0) is 20.8. The summed E-state index contributed by atoms with van der Waals surface area (Å²) in [7, 11) is 0. The van der Waals surface area contributed by atoms with E-state index in [0.29, 0.717) is 0 Å². The number of carbonyl (C=O) groups is 1. The van der Waals surface area contributed by atoms with Gasteiger partial charge in [-0.25, -0.2) is 0 Å². The minimum Gasteiger partial charge on any atom is -0.323 e. The Hall–Kier alpha value is -2.88. The molecule has 0 bridgehead atoms. The third-order valence-electron chi connectivity index (χ3n) is 5.34. The van der Waals surface area contributed by atoms with Gasteiger partial charge in [-0.05, 0) is 78.5 Å². The second-order valence-electron chi connectivity index (χ2n) is 7.63. The number of hydrogen-bond donors (Lipinski definition) is 1. The molecule has 1 aliphatic heterocycles. The fourth-order valence-electron chi connectivity index (χ4n) is 3.68. The molecule has 0 unspecified atom stereocenters. The minimum absolute atomic E-state index is 0.143. The highest BCUT2D eigenvalue weighted by atomic mass is 35.5. The number of likely N-dealkylation sites (tertiary alicyclic amines) is 1. The number of carbonyl (C=O) groups excluding carboxylic acids is 1. The largest absolute Gasteiger partial charge is 0.323 e. The number of nitrogens with one attached hydrogen (secondary N) is 1. The lowest BCUT2D eigenvalue weighted by molar-refractivity contribution is -0.111. The van der Waals surface area contributed by atoms with Crippen molar-refractivity contribution in [3.05, 3.63) is 95.0 Å². The Balaban J connectivity index is 1.31. The Labute approximate surface area is 183 Å². The molecule has 4 rings (SSSR count). The van der Waals surface area contributed by atoms with Gasteiger partial charge in [-0.15, -0.1) is 0 Å². The molecule has 3 aromatic carbocycles. The second-order valence-corrected chi connectivity index (χ2v) is 8.07. The van der Waals surface area contributed by atoms with E-state index in [4.69, 9.17) is 11.6 Å². The molecule has 4 heteroatoms. The summed E-state index contributed by atoms with van der Waals surface area (Å²) in [5, 5.41) is 3.62. The van der Waals surface area contributed by atoms with Crippen LogP contribution in [0, 0.1) is 0 Å². The fraction of sp³-hybridized carbons (Fsp3) is 0.192. The molecule has 0 aliphatic carbocycles. The van der Waals surface area contributed by atoms with Crippen molar-refractivity contribution in [2.24, 2.45) is 0 Å². The average Bonchev–Trinajstić information content (AvgIpc) is 3.28. The van der Waals surface area contributed by atoms with Gasteiger partial charge in [0.05, 0.1) is 0 Å². The number of anilines is 1. The molecule has 1 saturated heterocycles. The Morgan fingerprint density at radius 1 is 0.867 bits per heavy atom. The predicted octanol–water partition coefficient (Wildman–Crippen LogP) is 6.25. The molecule has 0 atom stereocenters. The third-order valence-corrected chi connectivity index (χ3v) is 5.59. The third kappa shape index (κ3) is 5.59. The van der Waals surface area contributed by atoms with E-state index in [1.54, 1.807) is 6.08 Å². The number of nitrogens with zero attached hydrogens (tertiary/aromatic N) is 1. The van der Waals surface area contributed by atoms with Crippen LogP contribution in [0.4, 0.5) is 5.69 Å². The van der Waals surface area contributed by atoms with Gasteiger partial charge in [0, 0.05) is 23.3 Å². The molecule has 1 heterocycles. The molecule has 1 amide bonds. The first kappa shape index (κ1) is 20.4. The van der Waals surface area contributed by atoms with E-state index in [-0.39, 0.29) is 5.91 Å². The summed E-state index contributed by atoms with van der Waals surface area (Å²) >= 11 is 5.94. The molecule has 3 nitrogen and oxygen atoms in total. The summed E-state index contributed by atoms with van der Waals surface area (Å²) in [6.07, 6.45) is 6.03. The molecular weight excluding hydrogens is 392 g/mol. The normalized spacial score (nSPS) is 14.3. The predicted molar refractivity (Wildman–Crippen MR) is 126 cm³/mol. The van der Waals surface area contributed by atoms with Crippen molar-refractivity contribution in [2.75, 3.05) is 18.4 Å². The van der Waals surface area contributed by atoms with Crippen LogP contribution >= 0.6 is 11.6 Å².